The van der Waals surface area contributed by atoms with Crippen molar-refractivity contribution in [3.63, 3.8) is 0 Å². The number of thiocarbonyl (C=S) groups is 1. The third kappa shape index (κ3) is 5.60. The van der Waals surface area contributed by atoms with Crippen LogP contribution in [0.2, 0.25) is 0 Å². The molecule has 0 aliphatic rings. The van der Waals surface area contributed by atoms with Crippen LogP contribution in [-0.2, 0) is 10.0 Å². The zero-order valence-corrected chi connectivity index (χ0v) is 11.7. The molecule has 1 aromatic rings. The average molecular weight is 298 g/mol. The SMILES string of the molecule is C=CS(=O)(=O)NCC(=NNC(N)=S)c1ccccc1. The molecule has 19 heavy (non-hydrogen) atoms. The number of nitrogens with one attached hydrogen (secondary N) is 2. The first-order valence-electron chi connectivity index (χ1n) is 5.24. The summed E-state index contributed by atoms with van der Waals surface area (Å²) in [6.07, 6.45) is 0. The van der Waals surface area contributed by atoms with Crippen LogP contribution in [-0.4, -0.2) is 25.8 Å². The highest BCUT2D eigenvalue weighted by Gasteiger charge is 2.08. The second-order valence-corrected chi connectivity index (χ2v) is 5.59. The molecule has 0 amide bonds. The number of nitrogens with two attached hydrogens (primary N) is 1. The van der Waals surface area contributed by atoms with Gasteiger partial charge in [0.05, 0.1) is 12.3 Å². The molecular weight excluding hydrogens is 284 g/mol. The molecule has 0 heterocycles. The lowest BCUT2D eigenvalue weighted by Gasteiger charge is -2.08. The Kier molecular flexibility index (Phi) is 5.61. The molecule has 4 N–H and O–H groups in total. The second kappa shape index (κ2) is 6.98. The highest BCUT2D eigenvalue weighted by molar-refractivity contribution is 7.92. The Bertz CT molecular complexity index is 582. The Hall–Kier alpha value is -1.77. The van der Waals surface area contributed by atoms with E-state index in [1.807, 2.05) is 18.2 Å². The van der Waals surface area contributed by atoms with Crippen molar-refractivity contribution in [2.45, 2.75) is 0 Å². The summed E-state index contributed by atoms with van der Waals surface area (Å²) in [7, 11) is -3.52. The molecular formula is C11H14N4O2S2. The summed E-state index contributed by atoms with van der Waals surface area (Å²) >= 11 is 4.65. The van der Waals surface area contributed by atoms with E-state index < -0.39 is 10.0 Å². The summed E-state index contributed by atoms with van der Waals surface area (Å²) < 4.78 is 25.0. The minimum Gasteiger partial charge on any atom is -0.375 e. The number of rotatable bonds is 6. The molecule has 1 rings (SSSR count). The van der Waals surface area contributed by atoms with Gasteiger partial charge in [-0.2, -0.15) is 5.10 Å². The van der Waals surface area contributed by atoms with Crippen LogP contribution in [0.3, 0.4) is 0 Å². The van der Waals surface area contributed by atoms with Gasteiger partial charge in [0, 0.05) is 5.41 Å². The maximum atomic E-state index is 11.3. The summed E-state index contributed by atoms with van der Waals surface area (Å²) in [6.45, 7) is 3.20. The van der Waals surface area contributed by atoms with Gasteiger partial charge in [0.25, 0.3) is 0 Å². The second-order valence-electron chi connectivity index (χ2n) is 3.43. The molecule has 1 aromatic carbocycles. The van der Waals surface area contributed by atoms with Crippen molar-refractivity contribution in [3.8, 4) is 0 Å². The first-order valence-corrected chi connectivity index (χ1v) is 7.19. The minimum absolute atomic E-state index is 0.00000829. The van der Waals surface area contributed by atoms with Crippen molar-refractivity contribution < 1.29 is 8.42 Å². The van der Waals surface area contributed by atoms with E-state index >= 15 is 0 Å². The van der Waals surface area contributed by atoms with Crippen LogP contribution in [0.5, 0.6) is 0 Å². The number of benzene rings is 1. The monoisotopic (exact) mass is 298 g/mol. The van der Waals surface area contributed by atoms with Gasteiger partial charge >= 0.3 is 0 Å². The van der Waals surface area contributed by atoms with Gasteiger partial charge in [0.1, 0.15) is 0 Å². The van der Waals surface area contributed by atoms with E-state index in [-0.39, 0.29) is 11.7 Å². The summed E-state index contributed by atoms with van der Waals surface area (Å²) in [6, 6.07) is 9.06. The first-order chi connectivity index (χ1) is 8.94. The molecule has 0 unspecified atom stereocenters. The van der Waals surface area contributed by atoms with E-state index in [9.17, 15) is 8.42 Å². The highest BCUT2D eigenvalue weighted by atomic mass is 32.2. The Morgan fingerprint density at radius 2 is 2.05 bits per heavy atom. The van der Waals surface area contributed by atoms with Gasteiger partial charge in [-0.3, -0.25) is 5.43 Å². The van der Waals surface area contributed by atoms with E-state index in [1.54, 1.807) is 12.1 Å². The molecule has 6 nitrogen and oxygen atoms in total. The predicted octanol–water partition coefficient (Wildman–Crippen LogP) is 0.287. The van der Waals surface area contributed by atoms with Gasteiger partial charge in [-0.1, -0.05) is 36.9 Å². The van der Waals surface area contributed by atoms with Crippen LogP contribution < -0.4 is 15.9 Å². The highest BCUT2D eigenvalue weighted by Crippen LogP contribution is 2.01. The molecule has 0 atom stereocenters. The molecule has 0 aliphatic carbocycles. The number of sulfonamides is 1. The molecule has 0 aliphatic heterocycles. The number of nitrogens with zero attached hydrogens (tertiary/aromatic N) is 1. The van der Waals surface area contributed by atoms with Gasteiger partial charge in [-0.15, -0.1) is 0 Å². The van der Waals surface area contributed by atoms with Crippen molar-refractivity contribution in [2.24, 2.45) is 10.8 Å². The molecule has 0 bridgehead atoms. The van der Waals surface area contributed by atoms with Gasteiger partial charge in [-0.25, -0.2) is 13.1 Å². The molecule has 102 valence electrons. The molecule has 0 saturated heterocycles. The molecule has 0 radical (unpaired) electrons. The fraction of sp³-hybridized carbons (Fsp3) is 0.0909. The average Bonchev–Trinajstić information content (AvgIpc) is 2.39. The smallest absolute Gasteiger partial charge is 0.233 e. The van der Waals surface area contributed by atoms with Gasteiger partial charge in [-0.05, 0) is 17.8 Å². The Balaban J connectivity index is 2.91. The third-order valence-electron chi connectivity index (χ3n) is 2.07. The quantitative estimate of drug-likeness (QED) is 0.398. The molecule has 0 spiro atoms. The maximum absolute atomic E-state index is 11.3. The molecule has 8 heteroatoms. The molecule has 0 fully saturated rings. The van der Waals surface area contributed by atoms with Crippen LogP contribution in [0.4, 0.5) is 0 Å². The van der Waals surface area contributed by atoms with Crippen LogP contribution >= 0.6 is 12.2 Å². The largest absolute Gasteiger partial charge is 0.375 e. The van der Waals surface area contributed by atoms with E-state index in [0.29, 0.717) is 5.71 Å². The number of hydrazone groups is 1. The van der Waals surface area contributed by atoms with Gasteiger partial charge in [0.15, 0.2) is 5.11 Å². The number of hydrogen-bond acceptors (Lipinski definition) is 4. The Morgan fingerprint density at radius 1 is 1.42 bits per heavy atom. The molecule has 0 saturated carbocycles. The fourth-order valence-corrected chi connectivity index (χ4v) is 1.69. The van der Waals surface area contributed by atoms with Crippen molar-refractivity contribution in [2.75, 3.05) is 6.54 Å². The Morgan fingerprint density at radius 3 is 2.58 bits per heavy atom. The van der Waals surface area contributed by atoms with E-state index in [2.05, 4.69) is 34.0 Å². The van der Waals surface area contributed by atoms with Crippen molar-refractivity contribution in [3.05, 3.63) is 47.9 Å². The van der Waals surface area contributed by atoms with E-state index in [1.165, 1.54) is 0 Å². The lowest BCUT2D eigenvalue weighted by molar-refractivity contribution is 0.595. The summed E-state index contributed by atoms with van der Waals surface area (Å²) in [5, 5.41) is 4.80. The summed E-state index contributed by atoms with van der Waals surface area (Å²) in [5.41, 5.74) is 8.93. The predicted molar refractivity (Wildman–Crippen MR) is 80.0 cm³/mol. The van der Waals surface area contributed by atoms with Crippen LogP contribution in [0, 0.1) is 0 Å². The maximum Gasteiger partial charge on any atom is 0.233 e. The van der Waals surface area contributed by atoms with Crippen LogP contribution in [0.15, 0.2) is 47.4 Å². The van der Waals surface area contributed by atoms with E-state index in [0.717, 1.165) is 11.0 Å². The van der Waals surface area contributed by atoms with Gasteiger partial charge in [0.2, 0.25) is 10.0 Å². The Labute approximate surface area is 117 Å². The zero-order chi connectivity index (χ0) is 14.3. The van der Waals surface area contributed by atoms with Crippen molar-refractivity contribution >= 4 is 33.1 Å². The topological polar surface area (TPSA) is 96.6 Å². The first kappa shape index (κ1) is 15.3. The lowest BCUT2D eigenvalue weighted by Crippen LogP contribution is -2.32. The molecule has 0 aromatic heterocycles. The number of hydrogen-bond donors (Lipinski definition) is 3. The third-order valence-corrected chi connectivity index (χ3v) is 3.15. The normalized spacial score (nSPS) is 11.9. The van der Waals surface area contributed by atoms with Crippen molar-refractivity contribution in [1.29, 1.82) is 0 Å². The summed E-state index contributed by atoms with van der Waals surface area (Å²) in [5.74, 6) is 0. The van der Waals surface area contributed by atoms with E-state index in [4.69, 9.17) is 5.73 Å². The van der Waals surface area contributed by atoms with Gasteiger partial charge < -0.3 is 5.73 Å². The zero-order valence-electron chi connectivity index (χ0n) is 10.0. The van der Waals surface area contributed by atoms with Crippen molar-refractivity contribution in [1.82, 2.24) is 10.1 Å². The summed E-state index contributed by atoms with van der Waals surface area (Å²) in [4.78, 5) is 0. The minimum atomic E-state index is -3.52. The lowest BCUT2D eigenvalue weighted by atomic mass is 10.1. The fourth-order valence-electron chi connectivity index (χ4n) is 1.19. The van der Waals surface area contributed by atoms with Crippen LogP contribution in [0.25, 0.3) is 0 Å². The standard InChI is InChI=1S/C11H14N4O2S2/c1-2-19(16,17)13-8-10(14-15-11(12)18)9-6-4-3-5-7-9/h2-7,13H,1,8H2,(H3,12,15,18). The van der Waals surface area contributed by atoms with Crippen LogP contribution in [0.1, 0.15) is 5.56 Å².